The lowest BCUT2D eigenvalue weighted by Gasteiger charge is -2.38. The predicted octanol–water partition coefficient (Wildman–Crippen LogP) is 0.242. The second-order valence-corrected chi connectivity index (χ2v) is 8.31. The topological polar surface area (TPSA) is 52.6 Å². The smallest absolute Gasteiger partial charge is 0.169 e. The van der Waals surface area contributed by atoms with Crippen LogP contribution in [0.1, 0.15) is 13.3 Å². The van der Waals surface area contributed by atoms with Gasteiger partial charge in [0.05, 0.1) is 11.5 Å². The monoisotopic (exact) mass is 317 g/mol. The van der Waals surface area contributed by atoms with Gasteiger partial charge in [-0.15, -0.1) is 0 Å². The molecule has 7 heteroatoms. The Morgan fingerprint density at radius 2 is 2.00 bits per heavy atom. The normalized spacial score (nSPS) is 26.4. The van der Waals surface area contributed by atoms with Crippen LogP contribution >= 0.6 is 12.2 Å². The lowest BCUT2D eigenvalue weighted by molar-refractivity contribution is 0.142. The highest BCUT2D eigenvalue weighted by Gasteiger charge is 2.33. The number of hydrogen-bond donors (Lipinski definition) is 1. The fourth-order valence-electron chi connectivity index (χ4n) is 2.69. The Morgan fingerprint density at radius 3 is 2.50 bits per heavy atom. The molecule has 5 nitrogen and oxygen atoms in total. The van der Waals surface area contributed by atoms with E-state index in [1.165, 1.54) is 0 Å². The van der Waals surface area contributed by atoms with Crippen LogP contribution in [-0.2, 0) is 9.84 Å². The minimum atomic E-state index is -2.80. The van der Waals surface area contributed by atoms with Crippen LogP contribution in [0.5, 0.6) is 0 Å². The zero-order valence-electron chi connectivity index (χ0n) is 12.0. The van der Waals surface area contributed by atoms with Crippen LogP contribution in [0.3, 0.4) is 0 Å². The van der Waals surface area contributed by atoms with Crippen molar-refractivity contribution in [2.75, 3.05) is 44.2 Å². The standard InChI is InChI=1S/C13H23N3O2S2/c1-11(2)9-14-13(19)16-6-4-15(5-7-16)12-3-8-20(17,18)10-12/h12H,1,3-10H2,2H3,(H,14,19)/t12-/m0/s1. The maximum Gasteiger partial charge on any atom is 0.169 e. The van der Waals surface area contributed by atoms with Gasteiger partial charge in [-0.2, -0.15) is 0 Å². The summed E-state index contributed by atoms with van der Waals surface area (Å²) in [5.74, 6) is 0.668. The number of nitrogens with one attached hydrogen (secondary N) is 1. The molecule has 0 bridgehead atoms. The van der Waals surface area contributed by atoms with Crippen molar-refractivity contribution in [3.8, 4) is 0 Å². The molecule has 0 radical (unpaired) electrons. The van der Waals surface area contributed by atoms with Gasteiger partial charge in [0, 0.05) is 38.8 Å². The molecule has 2 aliphatic heterocycles. The number of sulfone groups is 1. The first-order valence-corrected chi connectivity index (χ1v) is 9.22. The molecule has 0 aromatic rings. The first-order chi connectivity index (χ1) is 9.37. The Morgan fingerprint density at radius 1 is 1.35 bits per heavy atom. The van der Waals surface area contributed by atoms with Gasteiger partial charge in [-0.25, -0.2) is 8.42 Å². The molecular formula is C13H23N3O2S2. The van der Waals surface area contributed by atoms with E-state index >= 15 is 0 Å². The number of hydrogen-bond acceptors (Lipinski definition) is 4. The number of piperazine rings is 1. The van der Waals surface area contributed by atoms with Gasteiger partial charge >= 0.3 is 0 Å². The number of nitrogens with zero attached hydrogens (tertiary/aromatic N) is 2. The summed E-state index contributed by atoms with van der Waals surface area (Å²) in [5.41, 5.74) is 1.06. The van der Waals surface area contributed by atoms with Gasteiger partial charge in [-0.3, -0.25) is 4.90 Å². The summed E-state index contributed by atoms with van der Waals surface area (Å²) in [5, 5.41) is 3.96. The summed E-state index contributed by atoms with van der Waals surface area (Å²) in [6.07, 6.45) is 0.778. The average molecular weight is 317 g/mol. The molecule has 2 fully saturated rings. The molecule has 0 aromatic heterocycles. The first-order valence-electron chi connectivity index (χ1n) is 6.99. The van der Waals surface area contributed by atoms with Crippen molar-refractivity contribution in [3.05, 3.63) is 12.2 Å². The molecule has 1 atom stereocenters. The SMILES string of the molecule is C=C(C)CNC(=S)N1CCN([C@H]2CCS(=O)(=O)C2)CC1. The van der Waals surface area contributed by atoms with Crippen molar-refractivity contribution in [1.29, 1.82) is 0 Å². The summed E-state index contributed by atoms with van der Waals surface area (Å²) >= 11 is 5.36. The number of rotatable bonds is 3. The fourth-order valence-corrected chi connectivity index (χ4v) is 4.71. The van der Waals surface area contributed by atoms with E-state index in [1.807, 2.05) is 6.92 Å². The van der Waals surface area contributed by atoms with Gasteiger partial charge in [0.25, 0.3) is 0 Å². The minimum Gasteiger partial charge on any atom is -0.359 e. The van der Waals surface area contributed by atoms with Gasteiger partial charge in [0.2, 0.25) is 0 Å². The van der Waals surface area contributed by atoms with Crippen molar-refractivity contribution >= 4 is 27.2 Å². The Hall–Kier alpha value is -0.660. The Balaban J connectivity index is 1.78. The molecule has 1 N–H and O–H groups in total. The van der Waals surface area contributed by atoms with Crippen LogP contribution in [-0.4, -0.2) is 73.6 Å². The Kier molecular flexibility index (Phi) is 5.04. The fraction of sp³-hybridized carbons (Fsp3) is 0.769. The maximum atomic E-state index is 11.5. The van der Waals surface area contributed by atoms with E-state index in [9.17, 15) is 8.42 Å². The second kappa shape index (κ2) is 6.41. The molecule has 0 unspecified atom stereocenters. The molecule has 2 heterocycles. The molecule has 0 saturated carbocycles. The summed E-state index contributed by atoms with van der Waals surface area (Å²) in [4.78, 5) is 4.45. The van der Waals surface area contributed by atoms with E-state index in [0.717, 1.165) is 43.3 Å². The van der Waals surface area contributed by atoms with Gasteiger partial charge in [-0.05, 0) is 25.6 Å². The maximum absolute atomic E-state index is 11.5. The van der Waals surface area contributed by atoms with Crippen molar-refractivity contribution in [1.82, 2.24) is 15.1 Å². The van der Waals surface area contributed by atoms with E-state index in [4.69, 9.17) is 12.2 Å². The van der Waals surface area contributed by atoms with Crippen LogP contribution in [0.15, 0.2) is 12.2 Å². The first kappa shape index (κ1) is 15.7. The number of thiocarbonyl (C=S) groups is 1. The molecule has 0 spiro atoms. The summed E-state index contributed by atoms with van der Waals surface area (Å²) in [7, 11) is -2.80. The Labute approximate surface area is 126 Å². The van der Waals surface area contributed by atoms with E-state index in [1.54, 1.807) is 0 Å². The molecule has 2 aliphatic rings. The zero-order chi connectivity index (χ0) is 14.8. The molecule has 114 valence electrons. The Bertz CT molecular complexity index is 482. The quantitative estimate of drug-likeness (QED) is 0.594. The van der Waals surface area contributed by atoms with E-state index in [2.05, 4.69) is 21.7 Å². The molecule has 0 amide bonds. The van der Waals surface area contributed by atoms with Crippen LogP contribution < -0.4 is 5.32 Å². The third-order valence-electron chi connectivity index (χ3n) is 3.87. The highest BCUT2D eigenvalue weighted by Crippen LogP contribution is 2.19. The van der Waals surface area contributed by atoms with E-state index in [0.29, 0.717) is 18.1 Å². The van der Waals surface area contributed by atoms with E-state index in [-0.39, 0.29) is 6.04 Å². The van der Waals surface area contributed by atoms with Crippen LogP contribution in [0.4, 0.5) is 0 Å². The minimum absolute atomic E-state index is 0.208. The summed E-state index contributed by atoms with van der Waals surface area (Å²) in [6, 6.07) is 0.208. The van der Waals surface area contributed by atoms with Gasteiger partial charge in [-0.1, -0.05) is 12.2 Å². The zero-order valence-corrected chi connectivity index (χ0v) is 13.6. The third-order valence-corrected chi connectivity index (χ3v) is 6.02. The summed E-state index contributed by atoms with van der Waals surface area (Å²) < 4.78 is 23.1. The molecule has 0 aliphatic carbocycles. The van der Waals surface area contributed by atoms with Crippen molar-refractivity contribution in [2.24, 2.45) is 0 Å². The van der Waals surface area contributed by atoms with Gasteiger partial charge < -0.3 is 10.2 Å². The van der Waals surface area contributed by atoms with Crippen molar-refractivity contribution in [3.63, 3.8) is 0 Å². The highest BCUT2D eigenvalue weighted by atomic mass is 32.2. The lowest BCUT2D eigenvalue weighted by atomic mass is 10.2. The van der Waals surface area contributed by atoms with Crippen molar-refractivity contribution in [2.45, 2.75) is 19.4 Å². The average Bonchev–Trinajstić information content (AvgIpc) is 2.76. The highest BCUT2D eigenvalue weighted by molar-refractivity contribution is 7.91. The van der Waals surface area contributed by atoms with Crippen LogP contribution in [0, 0.1) is 0 Å². The predicted molar refractivity (Wildman–Crippen MR) is 85.6 cm³/mol. The largest absolute Gasteiger partial charge is 0.359 e. The third kappa shape index (κ3) is 4.17. The second-order valence-electron chi connectivity index (χ2n) is 5.70. The van der Waals surface area contributed by atoms with Crippen LogP contribution in [0.2, 0.25) is 0 Å². The van der Waals surface area contributed by atoms with Crippen molar-refractivity contribution < 1.29 is 8.42 Å². The molecule has 2 saturated heterocycles. The lowest BCUT2D eigenvalue weighted by Crippen LogP contribution is -2.54. The molecule has 2 rings (SSSR count). The van der Waals surface area contributed by atoms with Gasteiger partial charge in [0.15, 0.2) is 14.9 Å². The summed E-state index contributed by atoms with van der Waals surface area (Å²) in [6.45, 7) is 10.0. The molecule has 0 aromatic carbocycles. The van der Waals surface area contributed by atoms with E-state index < -0.39 is 9.84 Å². The molecule has 20 heavy (non-hydrogen) atoms. The molecular weight excluding hydrogens is 294 g/mol. The van der Waals surface area contributed by atoms with Gasteiger partial charge in [0.1, 0.15) is 0 Å². The van der Waals surface area contributed by atoms with Crippen LogP contribution in [0.25, 0.3) is 0 Å².